The van der Waals surface area contributed by atoms with Gasteiger partial charge in [0.15, 0.2) is 0 Å². The van der Waals surface area contributed by atoms with Crippen molar-refractivity contribution < 1.29 is 24.2 Å². The Morgan fingerprint density at radius 2 is 2.00 bits per heavy atom. The molecule has 146 valence electrons. The standard InChI is InChI=1S/C18H29N3O5/c1-19(12-17(23)24)10-15-11-20(6-7-26-15)18(25)13-8-16(22)21(9-13)14-4-2-3-5-14/h13-15H,2-12H2,1H3,(H,23,24). The van der Waals surface area contributed by atoms with Gasteiger partial charge in [0, 0.05) is 38.6 Å². The molecular weight excluding hydrogens is 338 g/mol. The van der Waals surface area contributed by atoms with E-state index in [4.69, 9.17) is 9.84 Å². The van der Waals surface area contributed by atoms with Crippen molar-refractivity contribution in [2.75, 3.05) is 46.4 Å². The quantitative estimate of drug-likeness (QED) is 0.712. The number of hydrogen-bond acceptors (Lipinski definition) is 5. The summed E-state index contributed by atoms with van der Waals surface area (Å²) in [4.78, 5) is 41.4. The van der Waals surface area contributed by atoms with Crippen molar-refractivity contribution in [2.24, 2.45) is 5.92 Å². The van der Waals surface area contributed by atoms with Crippen molar-refractivity contribution in [1.82, 2.24) is 14.7 Å². The van der Waals surface area contributed by atoms with Gasteiger partial charge < -0.3 is 19.6 Å². The molecule has 8 heteroatoms. The van der Waals surface area contributed by atoms with Gasteiger partial charge in [-0.25, -0.2) is 0 Å². The number of hydrogen-bond donors (Lipinski definition) is 1. The molecule has 2 amide bonds. The lowest BCUT2D eigenvalue weighted by molar-refractivity contribution is -0.145. The van der Waals surface area contributed by atoms with Crippen molar-refractivity contribution in [2.45, 2.75) is 44.2 Å². The van der Waals surface area contributed by atoms with Gasteiger partial charge in [-0.1, -0.05) is 12.8 Å². The van der Waals surface area contributed by atoms with Crippen molar-refractivity contribution >= 4 is 17.8 Å². The Labute approximate surface area is 154 Å². The summed E-state index contributed by atoms with van der Waals surface area (Å²) in [6.07, 6.45) is 4.57. The third-order valence-electron chi connectivity index (χ3n) is 5.64. The predicted molar refractivity (Wildman–Crippen MR) is 93.5 cm³/mol. The minimum absolute atomic E-state index is 0.0352. The average molecular weight is 367 g/mol. The summed E-state index contributed by atoms with van der Waals surface area (Å²) in [7, 11) is 1.73. The van der Waals surface area contributed by atoms with Crippen molar-refractivity contribution in [1.29, 1.82) is 0 Å². The highest BCUT2D eigenvalue weighted by Crippen LogP contribution is 2.30. The molecule has 0 aromatic heterocycles. The number of aliphatic carboxylic acids is 1. The van der Waals surface area contributed by atoms with Crippen LogP contribution in [-0.4, -0.2) is 96.1 Å². The first-order chi connectivity index (χ1) is 12.4. The predicted octanol–water partition coefficient (Wildman–Crippen LogP) is 0.0213. The number of nitrogens with zero attached hydrogens (tertiary/aromatic N) is 3. The number of likely N-dealkylation sites (N-methyl/N-ethyl adjacent to an activating group) is 1. The SMILES string of the molecule is CN(CC(=O)O)CC1CN(C(=O)C2CC(=O)N(C3CCCC3)C2)CCO1. The van der Waals surface area contributed by atoms with Gasteiger partial charge in [0.05, 0.1) is 25.2 Å². The minimum atomic E-state index is -0.882. The highest BCUT2D eigenvalue weighted by atomic mass is 16.5. The van der Waals surface area contributed by atoms with Gasteiger partial charge in [0.25, 0.3) is 0 Å². The van der Waals surface area contributed by atoms with E-state index in [1.807, 2.05) is 4.90 Å². The first-order valence-corrected chi connectivity index (χ1v) is 9.54. The number of carbonyl (C=O) groups excluding carboxylic acids is 2. The second-order valence-electron chi connectivity index (χ2n) is 7.75. The summed E-state index contributed by atoms with van der Waals surface area (Å²) in [5.41, 5.74) is 0. The molecule has 2 unspecified atom stereocenters. The first-order valence-electron chi connectivity index (χ1n) is 9.54. The van der Waals surface area contributed by atoms with E-state index in [0.29, 0.717) is 45.2 Å². The lowest BCUT2D eigenvalue weighted by Gasteiger charge is -2.35. The molecular formula is C18H29N3O5. The van der Waals surface area contributed by atoms with E-state index in [2.05, 4.69) is 0 Å². The monoisotopic (exact) mass is 367 g/mol. The zero-order valence-corrected chi connectivity index (χ0v) is 15.4. The summed E-state index contributed by atoms with van der Waals surface area (Å²) in [6.45, 7) is 2.39. The Morgan fingerprint density at radius 3 is 2.69 bits per heavy atom. The molecule has 0 aromatic rings. The van der Waals surface area contributed by atoms with Gasteiger partial charge in [0.1, 0.15) is 0 Å². The van der Waals surface area contributed by atoms with Crippen LogP contribution in [0.1, 0.15) is 32.1 Å². The van der Waals surface area contributed by atoms with E-state index in [9.17, 15) is 14.4 Å². The molecule has 3 rings (SSSR count). The van der Waals surface area contributed by atoms with E-state index < -0.39 is 5.97 Å². The van der Waals surface area contributed by atoms with E-state index in [0.717, 1.165) is 12.8 Å². The molecule has 2 atom stereocenters. The molecule has 1 aliphatic carbocycles. The number of amides is 2. The van der Waals surface area contributed by atoms with Crippen LogP contribution in [0.2, 0.25) is 0 Å². The Balaban J connectivity index is 1.52. The summed E-state index contributed by atoms with van der Waals surface area (Å²) in [5, 5.41) is 8.85. The van der Waals surface area contributed by atoms with Crippen LogP contribution in [0.5, 0.6) is 0 Å². The van der Waals surface area contributed by atoms with Gasteiger partial charge in [-0.05, 0) is 19.9 Å². The second kappa shape index (κ2) is 8.35. The van der Waals surface area contributed by atoms with Gasteiger partial charge in [-0.15, -0.1) is 0 Å². The largest absolute Gasteiger partial charge is 0.480 e. The van der Waals surface area contributed by atoms with Crippen LogP contribution >= 0.6 is 0 Å². The average Bonchev–Trinajstić information content (AvgIpc) is 3.22. The fraction of sp³-hybridized carbons (Fsp3) is 0.833. The minimum Gasteiger partial charge on any atom is -0.480 e. The lowest BCUT2D eigenvalue weighted by atomic mass is 10.1. The summed E-state index contributed by atoms with van der Waals surface area (Å²) in [6, 6.07) is 0.322. The van der Waals surface area contributed by atoms with Gasteiger partial charge in [0.2, 0.25) is 11.8 Å². The zero-order valence-electron chi connectivity index (χ0n) is 15.4. The molecule has 0 spiro atoms. The number of morpholine rings is 1. The second-order valence-corrected chi connectivity index (χ2v) is 7.75. The third-order valence-corrected chi connectivity index (χ3v) is 5.64. The number of carboxylic acids is 1. The maximum atomic E-state index is 12.9. The topological polar surface area (TPSA) is 90.4 Å². The van der Waals surface area contributed by atoms with E-state index in [-0.39, 0.29) is 30.4 Å². The van der Waals surface area contributed by atoms with Gasteiger partial charge >= 0.3 is 5.97 Å². The maximum absolute atomic E-state index is 12.9. The molecule has 2 saturated heterocycles. The number of carbonyl (C=O) groups is 3. The Bertz CT molecular complexity index is 549. The smallest absolute Gasteiger partial charge is 0.317 e. The van der Waals surface area contributed by atoms with Crippen molar-refractivity contribution in [3.63, 3.8) is 0 Å². The molecule has 0 radical (unpaired) electrons. The Hall–Kier alpha value is -1.67. The van der Waals surface area contributed by atoms with E-state index in [1.165, 1.54) is 12.8 Å². The number of carboxylic acid groups (broad SMARTS) is 1. The lowest BCUT2D eigenvalue weighted by Crippen LogP contribution is -2.51. The Kier molecular flexibility index (Phi) is 6.13. The van der Waals surface area contributed by atoms with E-state index in [1.54, 1.807) is 16.8 Å². The van der Waals surface area contributed by atoms with Crippen LogP contribution in [-0.2, 0) is 19.1 Å². The summed E-state index contributed by atoms with van der Waals surface area (Å²) >= 11 is 0. The van der Waals surface area contributed by atoms with E-state index >= 15 is 0 Å². The molecule has 8 nitrogen and oxygen atoms in total. The molecule has 1 N–H and O–H groups in total. The molecule has 3 aliphatic rings. The third kappa shape index (κ3) is 4.54. The molecule has 2 aliphatic heterocycles. The van der Waals surface area contributed by atoms with Crippen LogP contribution in [0, 0.1) is 5.92 Å². The zero-order chi connectivity index (χ0) is 18.7. The molecule has 0 bridgehead atoms. The highest BCUT2D eigenvalue weighted by Gasteiger charge is 2.41. The Morgan fingerprint density at radius 1 is 1.27 bits per heavy atom. The molecule has 26 heavy (non-hydrogen) atoms. The molecule has 2 heterocycles. The van der Waals surface area contributed by atoms with Crippen LogP contribution in [0.4, 0.5) is 0 Å². The molecule has 3 fully saturated rings. The van der Waals surface area contributed by atoms with Crippen LogP contribution in [0.3, 0.4) is 0 Å². The first kappa shape index (κ1) is 19.1. The highest BCUT2D eigenvalue weighted by molar-refractivity contribution is 5.89. The van der Waals surface area contributed by atoms with Gasteiger partial charge in [-0.2, -0.15) is 0 Å². The number of likely N-dealkylation sites (tertiary alicyclic amines) is 1. The maximum Gasteiger partial charge on any atom is 0.317 e. The van der Waals surface area contributed by atoms with Crippen molar-refractivity contribution in [3.8, 4) is 0 Å². The molecule has 0 aromatic carbocycles. The van der Waals surface area contributed by atoms with Crippen LogP contribution in [0.25, 0.3) is 0 Å². The summed E-state index contributed by atoms with van der Waals surface area (Å²) < 4.78 is 5.69. The fourth-order valence-corrected chi connectivity index (χ4v) is 4.40. The molecule has 1 saturated carbocycles. The normalized spacial score (nSPS) is 27.5. The van der Waals surface area contributed by atoms with Gasteiger partial charge in [-0.3, -0.25) is 19.3 Å². The fourth-order valence-electron chi connectivity index (χ4n) is 4.40. The summed E-state index contributed by atoms with van der Waals surface area (Å²) in [5.74, 6) is -0.986. The number of ether oxygens (including phenoxy) is 1. The van der Waals surface area contributed by atoms with Crippen LogP contribution in [0.15, 0.2) is 0 Å². The number of rotatable bonds is 6. The van der Waals surface area contributed by atoms with Crippen molar-refractivity contribution in [3.05, 3.63) is 0 Å². The van der Waals surface area contributed by atoms with Crippen LogP contribution < -0.4 is 0 Å².